The van der Waals surface area contributed by atoms with Crippen LogP contribution in [0.15, 0.2) is 24.3 Å². The van der Waals surface area contributed by atoms with Crippen LogP contribution < -0.4 is 4.74 Å². The molecule has 126 valence electrons. The van der Waals surface area contributed by atoms with Crippen molar-refractivity contribution < 1.29 is 19.0 Å². The maximum atomic E-state index is 13.3. The molecule has 2 atom stereocenters. The van der Waals surface area contributed by atoms with Gasteiger partial charge in [0.15, 0.2) is 0 Å². The number of rotatable bonds is 3. The van der Waals surface area contributed by atoms with Gasteiger partial charge in [-0.25, -0.2) is 4.39 Å². The molecule has 1 saturated heterocycles. The van der Waals surface area contributed by atoms with Gasteiger partial charge >= 0.3 is 0 Å². The highest BCUT2D eigenvalue weighted by molar-refractivity contribution is 5.79. The first-order valence-corrected chi connectivity index (χ1v) is 8.39. The lowest BCUT2D eigenvalue weighted by Crippen LogP contribution is -2.58. The molecule has 1 amide bonds. The Labute approximate surface area is 136 Å². The number of amides is 1. The minimum absolute atomic E-state index is 0.118. The summed E-state index contributed by atoms with van der Waals surface area (Å²) >= 11 is 0. The average molecular weight is 321 g/mol. The van der Waals surface area contributed by atoms with Gasteiger partial charge in [-0.2, -0.15) is 0 Å². The van der Waals surface area contributed by atoms with Gasteiger partial charge in [-0.1, -0.05) is 18.9 Å². The summed E-state index contributed by atoms with van der Waals surface area (Å²) < 4.78 is 19.1. The fourth-order valence-electron chi connectivity index (χ4n) is 3.51. The van der Waals surface area contributed by atoms with Crippen LogP contribution in [0.4, 0.5) is 4.39 Å². The van der Waals surface area contributed by atoms with Gasteiger partial charge in [0, 0.05) is 18.5 Å². The zero-order valence-electron chi connectivity index (χ0n) is 13.5. The SMILES string of the molecule is C[C@@]1(O)CCN(C(=O)C2CCCC2)C[C@H]1Oc1cccc(F)c1. The molecule has 1 aliphatic carbocycles. The van der Waals surface area contributed by atoms with Gasteiger partial charge in [0.1, 0.15) is 23.3 Å². The van der Waals surface area contributed by atoms with Gasteiger partial charge in [-0.3, -0.25) is 4.79 Å². The van der Waals surface area contributed by atoms with Crippen molar-refractivity contribution in [2.24, 2.45) is 5.92 Å². The highest BCUT2D eigenvalue weighted by Crippen LogP contribution is 2.31. The molecule has 0 bridgehead atoms. The van der Waals surface area contributed by atoms with E-state index in [0.29, 0.717) is 25.3 Å². The number of ether oxygens (including phenoxy) is 1. The van der Waals surface area contributed by atoms with Crippen LogP contribution in [-0.2, 0) is 4.79 Å². The molecular formula is C18H24FNO3. The number of nitrogens with zero attached hydrogens (tertiary/aromatic N) is 1. The van der Waals surface area contributed by atoms with Crippen molar-refractivity contribution in [3.05, 3.63) is 30.1 Å². The largest absolute Gasteiger partial charge is 0.485 e. The van der Waals surface area contributed by atoms with E-state index in [-0.39, 0.29) is 17.6 Å². The summed E-state index contributed by atoms with van der Waals surface area (Å²) in [6.07, 6.45) is 4.06. The first kappa shape index (κ1) is 16.2. The van der Waals surface area contributed by atoms with E-state index in [2.05, 4.69) is 0 Å². The van der Waals surface area contributed by atoms with Crippen molar-refractivity contribution in [2.75, 3.05) is 13.1 Å². The Balaban J connectivity index is 1.70. The number of likely N-dealkylation sites (tertiary alicyclic amines) is 1. The van der Waals surface area contributed by atoms with Crippen LogP contribution >= 0.6 is 0 Å². The third-order valence-electron chi connectivity index (χ3n) is 5.06. The van der Waals surface area contributed by atoms with Gasteiger partial charge in [-0.15, -0.1) is 0 Å². The number of piperidine rings is 1. The number of halogens is 1. The quantitative estimate of drug-likeness (QED) is 0.931. The van der Waals surface area contributed by atoms with Gasteiger partial charge in [0.25, 0.3) is 0 Å². The van der Waals surface area contributed by atoms with E-state index in [1.807, 2.05) is 0 Å². The molecular weight excluding hydrogens is 297 g/mol. The molecule has 1 aromatic rings. The Hall–Kier alpha value is -1.62. The van der Waals surface area contributed by atoms with Gasteiger partial charge in [-0.05, 0) is 38.3 Å². The van der Waals surface area contributed by atoms with E-state index in [1.54, 1.807) is 24.0 Å². The third kappa shape index (κ3) is 3.66. The average Bonchev–Trinajstić information content (AvgIpc) is 3.03. The minimum atomic E-state index is -1.03. The van der Waals surface area contributed by atoms with Crippen LogP contribution in [-0.4, -0.2) is 40.7 Å². The topological polar surface area (TPSA) is 49.8 Å². The van der Waals surface area contributed by atoms with Crippen LogP contribution in [0.3, 0.4) is 0 Å². The van der Waals surface area contributed by atoms with E-state index in [1.165, 1.54) is 12.1 Å². The second-order valence-corrected chi connectivity index (χ2v) is 6.94. The Morgan fingerprint density at radius 2 is 2.13 bits per heavy atom. The molecule has 0 aromatic heterocycles. The number of hydrogen-bond acceptors (Lipinski definition) is 3. The van der Waals surface area contributed by atoms with Crippen LogP contribution in [0.25, 0.3) is 0 Å². The molecule has 4 nitrogen and oxygen atoms in total. The molecule has 3 rings (SSSR count). The molecule has 1 aliphatic heterocycles. The molecule has 0 unspecified atom stereocenters. The third-order valence-corrected chi connectivity index (χ3v) is 5.06. The number of carbonyl (C=O) groups excluding carboxylic acids is 1. The first-order valence-electron chi connectivity index (χ1n) is 8.39. The van der Waals surface area contributed by atoms with Crippen molar-refractivity contribution in [3.8, 4) is 5.75 Å². The van der Waals surface area contributed by atoms with Crippen LogP contribution in [0.5, 0.6) is 5.75 Å². The van der Waals surface area contributed by atoms with Crippen molar-refractivity contribution >= 4 is 5.91 Å². The molecule has 0 spiro atoms. The number of hydrogen-bond donors (Lipinski definition) is 1. The summed E-state index contributed by atoms with van der Waals surface area (Å²) in [6.45, 7) is 2.61. The molecule has 1 saturated carbocycles. The Kier molecular flexibility index (Phi) is 4.57. The highest BCUT2D eigenvalue weighted by Gasteiger charge is 2.42. The summed E-state index contributed by atoms with van der Waals surface area (Å²) in [5, 5.41) is 10.6. The summed E-state index contributed by atoms with van der Waals surface area (Å²) in [5.41, 5.74) is -1.03. The van der Waals surface area contributed by atoms with Gasteiger partial charge < -0.3 is 14.7 Å². The van der Waals surface area contributed by atoms with E-state index in [0.717, 1.165) is 25.7 Å². The lowest BCUT2D eigenvalue weighted by molar-refractivity contribution is -0.147. The predicted molar refractivity (Wildman–Crippen MR) is 84.6 cm³/mol. The monoisotopic (exact) mass is 321 g/mol. The van der Waals surface area contributed by atoms with Crippen molar-refractivity contribution in [1.29, 1.82) is 0 Å². The van der Waals surface area contributed by atoms with Gasteiger partial charge in [0.2, 0.25) is 5.91 Å². The maximum absolute atomic E-state index is 13.3. The van der Waals surface area contributed by atoms with Crippen LogP contribution in [0.1, 0.15) is 39.0 Å². The van der Waals surface area contributed by atoms with Gasteiger partial charge in [0.05, 0.1) is 6.54 Å². The molecule has 1 heterocycles. The first-order chi connectivity index (χ1) is 11.0. The van der Waals surface area contributed by atoms with Crippen LogP contribution in [0, 0.1) is 11.7 Å². The molecule has 23 heavy (non-hydrogen) atoms. The Bertz CT molecular complexity index is 569. The fourth-order valence-corrected chi connectivity index (χ4v) is 3.51. The number of benzene rings is 1. The van der Waals surface area contributed by atoms with Crippen molar-refractivity contribution in [2.45, 2.75) is 50.7 Å². The molecule has 1 N–H and O–H groups in total. The predicted octanol–water partition coefficient (Wildman–Crippen LogP) is 2.75. The summed E-state index contributed by atoms with van der Waals surface area (Å²) in [7, 11) is 0. The normalized spacial score (nSPS) is 28.8. The van der Waals surface area contributed by atoms with E-state index >= 15 is 0 Å². The molecule has 2 aliphatic rings. The zero-order valence-corrected chi connectivity index (χ0v) is 13.5. The van der Waals surface area contributed by atoms with Crippen molar-refractivity contribution in [1.82, 2.24) is 4.90 Å². The Morgan fingerprint density at radius 3 is 2.83 bits per heavy atom. The Morgan fingerprint density at radius 1 is 1.39 bits per heavy atom. The minimum Gasteiger partial charge on any atom is -0.485 e. The van der Waals surface area contributed by atoms with E-state index in [4.69, 9.17) is 4.74 Å². The fraction of sp³-hybridized carbons (Fsp3) is 0.611. The second kappa shape index (κ2) is 6.48. The zero-order chi connectivity index (χ0) is 16.4. The number of carbonyl (C=O) groups is 1. The van der Waals surface area contributed by atoms with Crippen LogP contribution in [0.2, 0.25) is 0 Å². The molecule has 2 fully saturated rings. The molecule has 0 radical (unpaired) electrons. The van der Waals surface area contributed by atoms with E-state index < -0.39 is 11.7 Å². The standard InChI is InChI=1S/C18H24FNO3/c1-18(22)9-10-20(17(21)13-5-2-3-6-13)12-16(18)23-15-8-4-7-14(19)11-15/h4,7-8,11,13,16,22H,2-3,5-6,9-10,12H2,1H3/t16-,18-/m1/s1. The summed E-state index contributed by atoms with van der Waals surface area (Å²) in [5.74, 6) is 0.293. The summed E-state index contributed by atoms with van der Waals surface area (Å²) in [6, 6.07) is 5.89. The highest BCUT2D eigenvalue weighted by atomic mass is 19.1. The maximum Gasteiger partial charge on any atom is 0.225 e. The number of aliphatic hydroxyl groups is 1. The smallest absolute Gasteiger partial charge is 0.225 e. The second-order valence-electron chi connectivity index (χ2n) is 6.94. The van der Waals surface area contributed by atoms with E-state index in [9.17, 15) is 14.3 Å². The molecule has 1 aromatic carbocycles. The lowest BCUT2D eigenvalue weighted by Gasteiger charge is -2.43. The lowest BCUT2D eigenvalue weighted by atomic mass is 9.89. The van der Waals surface area contributed by atoms with Crippen molar-refractivity contribution in [3.63, 3.8) is 0 Å². The molecule has 5 heteroatoms. The summed E-state index contributed by atoms with van der Waals surface area (Å²) in [4.78, 5) is 14.4.